The van der Waals surface area contributed by atoms with E-state index in [0.29, 0.717) is 12.5 Å². The standard InChI is InChI=1S/C16H24N4O/c1-13(2)10-17-11-15-4-5-16(12-19-15)21-9-8-20-7-6-18-14(20)3/h4-7,12-13,17H,8-11H2,1-3H3. The summed E-state index contributed by atoms with van der Waals surface area (Å²) in [7, 11) is 0. The van der Waals surface area contributed by atoms with E-state index in [9.17, 15) is 0 Å². The van der Waals surface area contributed by atoms with Gasteiger partial charge in [-0.15, -0.1) is 0 Å². The zero-order valence-corrected chi connectivity index (χ0v) is 13.0. The van der Waals surface area contributed by atoms with Gasteiger partial charge in [0.15, 0.2) is 0 Å². The summed E-state index contributed by atoms with van der Waals surface area (Å²) in [6, 6.07) is 3.98. The van der Waals surface area contributed by atoms with Crippen LogP contribution in [0.3, 0.4) is 0 Å². The third-order valence-electron chi connectivity index (χ3n) is 3.18. The van der Waals surface area contributed by atoms with Crippen LogP contribution in [0.25, 0.3) is 0 Å². The highest BCUT2D eigenvalue weighted by atomic mass is 16.5. The highest BCUT2D eigenvalue weighted by Gasteiger charge is 2.00. The first-order valence-electron chi connectivity index (χ1n) is 7.41. The van der Waals surface area contributed by atoms with Crippen molar-refractivity contribution in [1.29, 1.82) is 0 Å². The number of nitrogens with one attached hydrogen (secondary N) is 1. The number of ether oxygens (including phenoxy) is 1. The lowest BCUT2D eigenvalue weighted by Gasteiger charge is -2.09. The minimum atomic E-state index is 0.615. The highest BCUT2D eigenvalue weighted by Crippen LogP contribution is 2.09. The van der Waals surface area contributed by atoms with Gasteiger partial charge in [0.25, 0.3) is 0 Å². The van der Waals surface area contributed by atoms with Gasteiger partial charge >= 0.3 is 0 Å². The van der Waals surface area contributed by atoms with Crippen molar-refractivity contribution in [1.82, 2.24) is 19.9 Å². The number of aromatic nitrogens is 3. The molecule has 2 aromatic rings. The number of hydrogen-bond acceptors (Lipinski definition) is 4. The Morgan fingerprint density at radius 1 is 1.29 bits per heavy atom. The van der Waals surface area contributed by atoms with Crippen LogP contribution in [0.4, 0.5) is 0 Å². The second-order valence-corrected chi connectivity index (χ2v) is 5.53. The molecule has 0 fully saturated rings. The number of nitrogens with zero attached hydrogens (tertiary/aromatic N) is 3. The largest absolute Gasteiger partial charge is 0.490 e. The Hall–Kier alpha value is -1.88. The van der Waals surface area contributed by atoms with Gasteiger partial charge in [-0.2, -0.15) is 0 Å². The zero-order valence-electron chi connectivity index (χ0n) is 13.0. The van der Waals surface area contributed by atoms with E-state index in [0.717, 1.165) is 36.9 Å². The Morgan fingerprint density at radius 3 is 2.76 bits per heavy atom. The SMILES string of the molecule is Cc1nccn1CCOc1ccc(CNCC(C)C)nc1. The molecule has 2 aromatic heterocycles. The summed E-state index contributed by atoms with van der Waals surface area (Å²) in [5, 5.41) is 3.37. The molecule has 0 saturated carbocycles. The molecule has 5 heteroatoms. The predicted molar refractivity (Wildman–Crippen MR) is 83.2 cm³/mol. The Balaban J connectivity index is 1.73. The van der Waals surface area contributed by atoms with Gasteiger partial charge in [-0.25, -0.2) is 4.98 Å². The van der Waals surface area contributed by atoms with E-state index in [1.165, 1.54) is 0 Å². The average Bonchev–Trinajstić information content (AvgIpc) is 2.86. The van der Waals surface area contributed by atoms with Crippen molar-refractivity contribution >= 4 is 0 Å². The van der Waals surface area contributed by atoms with Crippen LogP contribution >= 0.6 is 0 Å². The first kappa shape index (κ1) is 15.5. The van der Waals surface area contributed by atoms with Crippen molar-refractivity contribution in [2.75, 3.05) is 13.2 Å². The van der Waals surface area contributed by atoms with Crippen LogP contribution in [0.15, 0.2) is 30.7 Å². The normalized spacial score (nSPS) is 11.0. The fourth-order valence-corrected chi connectivity index (χ4v) is 1.99. The second kappa shape index (κ2) is 7.78. The third kappa shape index (κ3) is 5.19. The van der Waals surface area contributed by atoms with Crippen LogP contribution in [-0.2, 0) is 13.1 Å². The molecule has 114 valence electrons. The minimum Gasteiger partial charge on any atom is -0.490 e. The maximum Gasteiger partial charge on any atom is 0.137 e. The van der Waals surface area contributed by atoms with Gasteiger partial charge < -0.3 is 14.6 Å². The maximum atomic E-state index is 5.70. The summed E-state index contributed by atoms with van der Waals surface area (Å²) in [6.45, 7) is 9.59. The smallest absolute Gasteiger partial charge is 0.137 e. The van der Waals surface area contributed by atoms with E-state index >= 15 is 0 Å². The van der Waals surface area contributed by atoms with Gasteiger partial charge in [0.1, 0.15) is 18.2 Å². The molecule has 5 nitrogen and oxygen atoms in total. The van der Waals surface area contributed by atoms with Gasteiger partial charge in [-0.1, -0.05) is 13.8 Å². The van der Waals surface area contributed by atoms with Crippen molar-refractivity contribution in [3.8, 4) is 5.75 Å². The molecule has 2 heterocycles. The minimum absolute atomic E-state index is 0.615. The van der Waals surface area contributed by atoms with Gasteiger partial charge in [0, 0.05) is 18.9 Å². The van der Waals surface area contributed by atoms with Crippen LogP contribution in [0.5, 0.6) is 5.75 Å². The first-order valence-corrected chi connectivity index (χ1v) is 7.41. The molecular weight excluding hydrogens is 264 g/mol. The number of hydrogen-bond donors (Lipinski definition) is 1. The molecule has 0 aromatic carbocycles. The summed E-state index contributed by atoms with van der Waals surface area (Å²) in [5.41, 5.74) is 1.04. The molecule has 0 spiro atoms. The predicted octanol–water partition coefficient (Wildman–Crippen LogP) is 2.41. The van der Waals surface area contributed by atoms with E-state index in [1.54, 1.807) is 12.4 Å². The molecule has 0 atom stereocenters. The molecule has 21 heavy (non-hydrogen) atoms. The Morgan fingerprint density at radius 2 is 2.14 bits per heavy atom. The van der Waals surface area contributed by atoms with Crippen LogP contribution < -0.4 is 10.1 Å². The maximum absolute atomic E-state index is 5.70. The molecule has 0 aliphatic heterocycles. The van der Waals surface area contributed by atoms with Crippen LogP contribution in [0.2, 0.25) is 0 Å². The third-order valence-corrected chi connectivity index (χ3v) is 3.18. The fourth-order valence-electron chi connectivity index (χ4n) is 1.99. The van der Waals surface area contributed by atoms with Gasteiger partial charge in [0.2, 0.25) is 0 Å². The summed E-state index contributed by atoms with van der Waals surface area (Å²) < 4.78 is 7.77. The average molecular weight is 288 g/mol. The molecule has 0 unspecified atom stereocenters. The Bertz CT molecular complexity index is 533. The second-order valence-electron chi connectivity index (χ2n) is 5.53. The lowest BCUT2D eigenvalue weighted by Crippen LogP contribution is -2.19. The zero-order chi connectivity index (χ0) is 15.1. The van der Waals surface area contributed by atoms with E-state index in [-0.39, 0.29) is 0 Å². The number of pyridine rings is 1. The van der Waals surface area contributed by atoms with E-state index in [4.69, 9.17) is 4.74 Å². The molecule has 2 rings (SSSR count). The lowest BCUT2D eigenvalue weighted by molar-refractivity contribution is 0.295. The van der Waals surface area contributed by atoms with Crippen molar-refractivity contribution in [3.63, 3.8) is 0 Å². The molecule has 0 aliphatic rings. The van der Waals surface area contributed by atoms with Crippen molar-refractivity contribution in [2.45, 2.75) is 33.9 Å². The highest BCUT2D eigenvalue weighted by molar-refractivity contribution is 5.19. The quantitative estimate of drug-likeness (QED) is 0.810. The molecule has 0 bridgehead atoms. The Labute approximate surface area is 126 Å². The summed E-state index contributed by atoms with van der Waals surface area (Å²) in [4.78, 5) is 8.58. The first-order chi connectivity index (χ1) is 10.1. The van der Waals surface area contributed by atoms with Gasteiger partial charge in [-0.05, 0) is 31.5 Å². The molecule has 0 amide bonds. The molecule has 0 aliphatic carbocycles. The number of imidazole rings is 1. The van der Waals surface area contributed by atoms with Gasteiger partial charge in [0.05, 0.1) is 18.4 Å². The topological polar surface area (TPSA) is 52.0 Å². The van der Waals surface area contributed by atoms with Crippen molar-refractivity contribution < 1.29 is 4.74 Å². The summed E-state index contributed by atoms with van der Waals surface area (Å²) in [5.74, 6) is 2.46. The lowest BCUT2D eigenvalue weighted by atomic mass is 10.2. The van der Waals surface area contributed by atoms with Crippen LogP contribution in [0, 0.1) is 12.8 Å². The van der Waals surface area contributed by atoms with Crippen LogP contribution in [-0.4, -0.2) is 27.7 Å². The molecule has 0 saturated heterocycles. The van der Waals surface area contributed by atoms with Gasteiger partial charge in [-0.3, -0.25) is 4.98 Å². The van der Waals surface area contributed by atoms with E-state index in [2.05, 4.69) is 33.7 Å². The van der Waals surface area contributed by atoms with E-state index < -0.39 is 0 Å². The monoisotopic (exact) mass is 288 g/mol. The number of rotatable bonds is 8. The fraction of sp³-hybridized carbons (Fsp3) is 0.500. The molecular formula is C16H24N4O. The van der Waals surface area contributed by atoms with Crippen molar-refractivity contribution in [3.05, 3.63) is 42.2 Å². The summed E-state index contributed by atoms with van der Waals surface area (Å²) in [6.07, 6.45) is 5.55. The summed E-state index contributed by atoms with van der Waals surface area (Å²) >= 11 is 0. The number of aryl methyl sites for hydroxylation is 1. The Kier molecular flexibility index (Phi) is 5.75. The molecule has 0 radical (unpaired) electrons. The van der Waals surface area contributed by atoms with Crippen LogP contribution in [0.1, 0.15) is 25.4 Å². The molecule has 1 N–H and O–H groups in total. The van der Waals surface area contributed by atoms with Crippen molar-refractivity contribution in [2.24, 2.45) is 5.92 Å². The van der Waals surface area contributed by atoms with E-state index in [1.807, 2.05) is 25.3 Å².